The maximum Gasteiger partial charge on any atom is 0.417 e. The van der Waals surface area contributed by atoms with Gasteiger partial charge in [0.25, 0.3) is 0 Å². The van der Waals surface area contributed by atoms with Gasteiger partial charge in [0, 0.05) is 23.7 Å². The molecule has 0 aliphatic rings. The molecule has 0 saturated carbocycles. The van der Waals surface area contributed by atoms with Crippen LogP contribution in [0.2, 0.25) is 0 Å². The van der Waals surface area contributed by atoms with E-state index < -0.39 is 11.7 Å². The molecule has 0 fully saturated rings. The Balaban J connectivity index is 2.07. The minimum Gasteiger partial charge on any atom is -0.496 e. The summed E-state index contributed by atoms with van der Waals surface area (Å²) in [6.07, 6.45) is -3.03. The lowest BCUT2D eigenvalue weighted by Gasteiger charge is -2.18. The van der Waals surface area contributed by atoms with E-state index in [4.69, 9.17) is 4.74 Å². The van der Waals surface area contributed by atoms with Gasteiger partial charge in [-0.25, -0.2) is 0 Å². The molecule has 0 amide bonds. The molecule has 2 nitrogen and oxygen atoms in total. The van der Waals surface area contributed by atoms with E-state index in [1.807, 2.05) is 38.1 Å². The van der Waals surface area contributed by atoms with Gasteiger partial charge < -0.3 is 4.74 Å². The second-order valence-corrected chi connectivity index (χ2v) is 6.02. The molecule has 1 heterocycles. The molecule has 130 valence electrons. The summed E-state index contributed by atoms with van der Waals surface area (Å²) in [5, 5.41) is 2.11. The zero-order valence-corrected chi connectivity index (χ0v) is 14.2. The zero-order chi connectivity index (χ0) is 18.2. The minimum absolute atomic E-state index is 0.455. The third kappa shape index (κ3) is 3.18. The van der Waals surface area contributed by atoms with Gasteiger partial charge in [0.05, 0.1) is 12.7 Å². The van der Waals surface area contributed by atoms with Crippen LogP contribution in [-0.2, 0) is 12.6 Å². The molecule has 1 aromatic heterocycles. The van der Waals surface area contributed by atoms with Gasteiger partial charge in [-0.1, -0.05) is 24.3 Å². The molecule has 0 aliphatic carbocycles. The summed E-state index contributed by atoms with van der Waals surface area (Å²) >= 11 is 0. The van der Waals surface area contributed by atoms with Crippen molar-refractivity contribution in [3.8, 4) is 5.75 Å². The van der Waals surface area contributed by atoms with Crippen molar-refractivity contribution in [1.29, 1.82) is 0 Å². The molecule has 0 unspecified atom stereocenters. The van der Waals surface area contributed by atoms with Crippen LogP contribution in [-0.4, -0.2) is 12.1 Å². The Bertz CT molecular complexity index is 915. The fourth-order valence-corrected chi connectivity index (χ4v) is 3.20. The van der Waals surface area contributed by atoms with E-state index in [0.717, 1.165) is 45.5 Å². The number of rotatable bonds is 3. The zero-order valence-electron chi connectivity index (χ0n) is 14.2. The molecular weight excluding hydrogens is 327 g/mol. The Morgan fingerprint density at radius 3 is 2.20 bits per heavy atom. The predicted octanol–water partition coefficient (Wildman–Crippen LogP) is 5.47. The van der Waals surface area contributed by atoms with Crippen LogP contribution >= 0.6 is 0 Å². The van der Waals surface area contributed by atoms with Crippen molar-refractivity contribution < 1.29 is 17.9 Å². The van der Waals surface area contributed by atoms with Crippen molar-refractivity contribution >= 4 is 10.8 Å². The molecule has 3 aromatic rings. The molecule has 0 N–H and O–H groups in total. The number of halogens is 3. The van der Waals surface area contributed by atoms with Gasteiger partial charge in [0.2, 0.25) is 0 Å². The topological polar surface area (TPSA) is 22.1 Å². The van der Waals surface area contributed by atoms with Crippen LogP contribution in [0, 0.1) is 13.8 Å². The number of benzene rings is 2. The number of aromatic nitrogens is 1. The first-order valence-electron chi connectivity index (χ1n) is 7.89. The highest BCUT2D eigenvalue weighted by molar-refractivity contribution is 5.93. The summed E-state index contributed by atoms with van der Waals surface area (Å²) in [5.74, 6) is 0.795. The highest BCUT2D eigenvalue weighted by Crippen LogP contribution is 2.36. The van der Waals surface area contributed by atoms with Gasteiger partial charge in [-0.3, -0.25) is 4.98 Å². The Hall–Kier alpha value is -2.56. The molecule has 0 aliphatic heterocycles. The van der Waals surface area contributed by atoms with E-state index in [0.29, 0.717) is 12.1 Å². The largest absolute Gasteiger partial charge is 0.496 e. The lowest BCUT2D eigenvalue weighted by atomic mass is 9.91. The van der Waals surface area contributed by atoms with Gasteiger partial charge in [0.15, 0.2) is 0 Å². The van der Waals surface area contributed by atoms with Crippen LogP contribution in [0.25, 0.3) is 10.8 Å². The number of aryl methyl sites for hydroxylation is 1. The lowest BCUT2D eigenvalue weighted by Crippen LogP contribution is -2.07. The standard InChI is InChI=1S/C20H18F3NO/c1-12-16-6-4-5-7-17(16)19(25-3)13(2)18(12)10-15-9-8-14(11-24-15)20(21,22)23/h4-9,11H,10H2,1-3H3. The summed E-state index contributed by atoms with van der Waals surface area (Å²) in [6.45, 7) is 3.99. The van der Waals surface area contributed by atoms with Gasteiger partial charge >= 0.3 is 6.18 Å². The fraction of sp³-hybridized carbons (Fsp3) is 0.250. The third-order valence-corrected chi connectivity index (χ3v) is 4.54. The molecule has 5 heteroatoms. The fourth-order valence-electron chi connectivity index (χ4n) is 3.20. The van der Waals surface area contributed by atoms with Crippen molar-refractivity contribution in [3.05, 3.63) is 70.5 Å². The van der Waals surface area contributed by atoms with Gasteiger partial charge in [-0.2, -0.15) is 13.2 Å². The van der Waals surface area contributed by atoms with Crippen molar-refractivity contribution in [2.75, 3.05) is 7.11 Å². The molecule has 0 spiro atoms. The maximum atomic E-state index is 12.7. The second-order valence-electron chi connectivity index (χ2n) is 6.02. The first-order valence-corrected chi connectivity index (χ1v) is 7.89. The van der Waals surface area contributed by atoms with Gasteiger partial charge in [-0.05, 0) is 48.1 Å². The van der Waals surface area contributed by atoms with E-state index in [2.05, 4.69) is 4.98 Å². The Morgan fingerprint density at radius 2 is 1.64 bits per heavy atom. The molecule has 0 saturated heterocycles. The van der Waals surface area contributed by atoms with E-state index in [-0.39, 0.29) is 0 Å². The van der Waals surface area contributed by atoms with Gasteiger partial charge in [-0.15, -0.1) is 0 Å². The number of nitrogens with zero attached hydrogens (tertiary/aromatic N) is 1. The van der Waals surface area contributed by atoms with Crippen molar-refractivity contribution in [2.24, 2.45) is 0 Å². The number of pyridine rings is 1. The van der Waals surface area contributed by atoms with Crippen molar-refractivity contribution in [3.63, 3.8) is 0 Å². The van der Waals surface area contributed by atoms with Crippen LogP contribution in [0.1, 0.15) is 27.9 Å². The third-order valence-electron chi connectivity index (χ3n) is 4.54. The summed E-state index contributed by atoms with van der Waals surface area (Å²) in [5.41, 5.74) is 2.97. The van der Waals surface area contributed by atoms with Crippen molar-refractivity contribution in [1.82, 2.24) is 4.98 Å². The Kier molecular flexibility index (Phi) is 4.41. The average molecular weight is 345 g/mol. The molecule has 2 aromatic carbocycles. The number of fused-ring (bicyclic) bond motifs is 1. The van der Waals surface area contributed by atoms with E-state index in [1.165, 1.54) is 6.07 Å². The van der Waals surface area contributed by atoms with Crippen LogP contribution in [0.15, 0.2) is 42.6 Å². The predicted molar refractivity (Wildman–Crippen MR) is 92.0 cm³/mol. The summed E-state index contributed by atoms with van der Waals surface area (Å²) in [7, 11) is 1.63. The van der Waals surface area contributed by atoms with Crippen molar-refractivity contribution in [2.45, 2.75) is 26.4 Å². The average Bonchev–Trinajstić information content (AvgIpc) is 2.59. The Labute approximate surface area is 144 Å². The molecule has 3 rings (SSSR count). The number of hydrogen-bond acceptors (Lipinski definition) is 2. The molecular formula is C20H18F3NO. The number of methoxy groups -OCH3 is 1. The first-order chi connectivity index (χ1) is 11.8. The Morgan fingerprint density at radius 1 is 0.960 bits per heavy atom. The highest BCUT2D eigenvalue weighted by Gasteiger charge is 2.30. The first kappa shape index (κ1) is 17.3. The quantitative estimate of drug-likeness (QED) is 0.628. The van der Waals surface area contributed by atoms with E-state index in [1.54, 1.807) is 7.11 Å². The normalized spacial score (nSPS) is 11.8. The second kappa shape index (κ2) is 6.39. The number of alkyl halides is 3. The van der Waals surface area contributed by atoms with Crippen LogP contribution in [0.5, 0.6) is 5.75 Å². The molecule has 0 bridgehead atoms. The van der Waals surface area contributed by atoms with E-state index in [9.17, 15) is 13.2 Å². The smallest absolute Gasteiger partial charge is 0.417 e. The molecule has 25 heavy (non-hydrogen) atoms. The van der Waals surface area contributed by atoms with E-state index >= 15 is 0 Å². The highest BCUT2D eigenvalue weighted by atomic mass is 19.4. The summed E-state index contributed by atoms with van der Waals surface area (Å²) in [4.78, 5) is 4.00. The summed E-state index contributed by atoms with van der Waals surface area (Å²) in [6, 6.07) is 10.5. The minimum atomic E-state index is -4.37. The van der Waals surface area contributed by atoms with Crippen LogP contribution in [0.4, 0.5) is 13.2 Å². The van der Waals surface area contributed by atoms with Gasteiger partial charge in [0.1, 0.15) is 5.75 Å². The molecule has 0 radical (unpaired) electrons. The van der Waals surface area contributed by atoms with Crippen LogP contribution in [0.3, 0.4) is 0 Å². The monoisotopic (exact) mass is 345 g/mol. The molecule has 0 atom stereocenters. The SMILES string of the molecule is COc1c(C)c(Cc2ccc(C(F)(F)F)cn2)c(C)c2ccccc12. The maximum absolute atomic E-state index is 12.7. The number of hydrogen-bond donors (Lipinski definition) is 0. The number of ether oxygens (including phenoxy) is 1. The lowest BCUT2D eigenvalue weighted by molar-refractivity contribution is -0.137. The van der Waals surface area contributed by atoms with Crippen LogP contribution < -0.4 is 4.74 Å². The summed E-state index contributed by atoms with van der Waals surface area (Å²) < 4.78 is 43.7.